The topological polar surface area (TPSA) is 59.1 Å². The van der Waals surface area contributed by atoms with E-state index in [1.807, 2.05) is 31.2 Å². The second-order valence-electron chi connectivity index (χ2n) is 5.80. The summed E-state index contributed by atoms with van der Waals surface area (Å²) in [4.78, 5) is 0.292. The zero-order valence-corrected chi connectivity index (χ0v) is 14.6. The predicted octanol–water partition coefficient (Wildman–Crippen LogP) is 2.85. The maximum absolute atomic E-state index is 13.1. The van der Waals surface area contributed by atoms with Gasteiger partial charge in [0.15, 0.2) is 0 Å². The molecule has 1 aliphatic rings. The monoisotopic (exact) mass is 347 g/mol. The second-order valence-corrected chi connectivity index (χ2v) is 7.69. The maximum Gasteiger partial charge on any atom is 0.243 e. The van der Waals surface area contributed by atoms with Crippen LogP contribution in [0, 0.1) is 0 Å². The second kappa shape index (κ2) is 6.93. The Hall–Kier alpha value is -1.89. The van der Waals surface area contributed by atoms with Crippen molar-refractivity contribution >= 4 is 10.0 Å². The minimum Gasteiger partial charge on any atom is -0.497 e. The van der Waals surface area contributed by atoms with Gasteiger partial charge in [-0.3, -0.25) is 0 Å². The molecule has 3 rings (SSSR count). The Morgan fingerprint density at radius 2 is 1.92 bits per heavy atom. The predicted molar refractivity (Wildman–Crippen MR) is 91.5 cm³/mol. The summed E-state index contributed by atoms with van der Waals surface area (Å²) < 4.78 is 38.2. The lowest BCUT2D eigenvalue weighted by molar-refractivity contribution is 0.295. The molecule has 2 unspecified atom stereocenters. The standard InChI is InChI=1S/C18H21NO4S/c1-14(15-7-6-8-16(11-15)22-2)19(12-17-13-23-17)24(20,21)18-9-4-3-5-10-18/h3-11,14,17H,12-13H2,1-2H3. The zero-order chi connectivity index (χ0) is 17.2. The zero-order valence-electron chi connectivity index (χ0n) is 13.8. The number of hydrogen-bond acceptors (Lipinski definition) is 4. The Bertz CT molecular complexity index is 788. The van der Waals surface area contributed by atoms with Crippen LogP contribution in [0.15, 0.2) is 59.5 Å². The van der Waals surface area contributed by atoms with Gasteiger partial charge >= 0.3 is 0 Å². The van der Waals surface area contributed by atoms with Gasteiger partial charge in [0.2, 0.25) is 10.0 Å². The Kier molecular flexibility index (Phi) is 4.89. The van der Waals surface area contributed by atoms with Crippen LogP contribution in [0.2, 0.25) is 0 Å². The van der Waals surface area contributed by atoms with E-state index in [1.54, 1.807) is 37.4 Å². The van der Waals surface area contributed by atoms with Crippen molar-refractivity contribution in [3.63, 3.8) is 0 Å². The van der Waals surface area contributed by atoms with Gasteiger partial charge in [-0.2, -0.15) is 4.31 Å². The number of nitrogens with zero attached hydrogens (tertiary/aromatic N) is 1. The molecule has 2 aromatic rings. The molecule has 0 amide bonds. The molecule has 0 saturated carbocycles. The van der Waals surface area contributed by atoms with Crippen LogP contribution >= 0.6 is 0 Å². The Morgan fingerprint density at radius 3 is 2.54 bits per heavy atom. The van der Waals surface area contributed by atoms with E-state index in [0.29, 0.717) is 23.8 Å². The number of hydrogen-bond donors (Lipinski definition) is 0. The summed E-state index contributed by atoms with van der Waals surface area (Å²) in [6.07, 6.45) is -0.0310. The fourth-order valence-corrected chi connectivity index (χ4v) is 4.31. The minimum absolute atomic E-state index is 0.0310. The maximum atomic E-state index is 13.1. The summed E-state index contributed by atoms with van der Waals surface area (Å²) in [6, 6.07) is 15.7. The first kappa shape index (κ1) is 17.0. The molecular weight excluding hydrogens is 326 g/mol. The van der Waals surface area contributed by atoms with Crippen molar-refractivity contribution in [3.8, 4) is 5.75 Å². The van der Waals surface area contributed by atoms with Crippen molar-refractivity contribution in [1.29, 1.82) is 0 Å². The van der Waals surface area contributed by atoms with Gasteiger partial charge in [0.1, 0.15) is 5.75 Å². The summed E-state index contributed by atoms with van der Waals surface area (Å²) in [7, 11) is -2.01. The van der Waals surface area contributed by atoms with Crippen LogP contribution in [0.3, 0.4) is 0 Å². The van der Waals surface area contributed by atoms with Crippen molar-refractivity contribution in [2.75, 3.05) is 20.3 Å². The van der Waals surface area contributed by atoms with Gasteiger partial charge in [-0.15, -0.1) is 0 Å². The molecule has 0 spiro atoms. The average Bonchev–Trinajstić information content (AvgIpc) is 3.44. The molecule has 6 heteroatoms. The minimum atomic E-state index is -3.61. The molecule has 0 radical (unpaired) electrons. The van der Waals surface area contributed by atoms with Crippen molar-refractivity contribution in [2.24, 2.45) is 0 Å². The fraction of sp³-hybridized carbons (Fsp3) is 0.333. The lowest BCUT2D eigenvalue weighted by Crippen LogP contribution is -2.36. The third-order valence-corrected chi connectivity index (χ3v) is 6.09. The average molecular weight is 347 g/mol. The van der Waals surface area contributed by atoms with Crippen LogP contribution in [0.1, 0.15) is 18.5 Å². The highest BCUT2D eigenvalue weighted by Crippen LogP contribution is 2.31. The molecule has 0 aliphatic carbocycles. The molecule has 1 aliphatic heterocycles. The van der Waals surface area contributed by atoms with Gasteiger partial charge in [0.25, 0.3) is 0 Å². The summed E-state index contributed by atoms with van der Waals surface area (Å²) in [6.45, 7) is 2.83. The van der Waals surface area contributed by atoms with Gasteiger partial charge in [0, 0.05) is 12.6 Å². The molecule has 1 heterocycles. The summed E-state index contributed by atoms with van der Waals surface area (Å²) in [5.74, 6) is 0.707. The van der Waals surface area contributed by atoms with Crippen LogP contribution in [-0.2, 0) is 14.8 Å². The highest BCUT2D eigenvalue weighted by atomic mass is 32.2. The van der Waals surface area contributed by atoms with Crippen LogP contribution < -0.4 is 4.74 Å². The van der Waals surface area contributed by atoms with Gasteiger partial charge in [-0.25, -0.2) is 8.42 Å². The van der Waals surface area contributed by atoms with E-state index < -0.39 is 10.0 Å². The molecule has 2 atom stereocenters. The molecular formula is C18H21NO4S. The van der Waals surface area contributed by atoms with Crippen LogP contribution in [-0.4, -0.2) is 39.1 Å². The molecule has 1 fully saturated rings. The van der Waals surface area contributed by atoms with E-state index in [4.69, 9.17) is 9.47 Å². The first-order valence-corrected chi connectivity index (χ1v) is 9.29. The van der Waals surface area contributed by atoms with Crippen molar-refractivity contribution in [1.82, 2.24) is 4.31 Å². The van der Waals surface area contributed by atoms with E-state index in [1.165, 1.54) is 4.31 Å². The Balaban J connectivity index is 1.96. The molecule has 0 N–H and O–H groups in total. The SMILES string of the molecule is COc1cccc(C(C)N(CC2CO2)S(=O)(=O)c2ccccc2)c1. The largest absolute Gasteiger partial charge is 0.497 e. The van der Waals surface area contributed by atoms with E-state index in [0.717, 1.165) is 5.56 Å². The smallest absolute Gasteiger partial charge is 0.243 e. The highest BCUT2D eigenvalue weighted by molar-refractivity contribution is 7.89. The van der Waals surface area contributed by atoms with Crippen LogP contribution in [0.5, 0.6) is 5.75 Å². The number of epoxide rings is 1. The van der Waals surface area contributed by atoms with Gasteiger partial charge in [-0.05, 0) is 36.8 Å². The van der Waals surface area contributed by atoms with Gasteiger partial charge in [-0.1, -0.05) is 30.3 Å². The third kappa shape index (κ3) is 3.61. The van der Waals surface area contributed by atoms with Gasteiger partial charge < -0.3 is 9.47 Å². The molecule has 0 bridgehead atoms. The summed E-state index contributed by atoms with van der Waals surface area (Å²) >= 11 is 0. The van der Waals surface area contributed by atoms with E-state index >= 15 is 0 Å². The summed E-state index contributed by atoms with van der Waals surface area (Å²) in [5.41, 5.74) is 0.884. The first-order valence-electron chi connectivity index (χ1n) is 7.85. The highest BCUT2D eigenvalue weighted by Gasteiger charge is 2.36. The first-order chi connectivity index (χ1) is 11.5. The Morgan fingerprint density at radius 1 is 1.21 bits per heavy atom. The van der Waals surface area contributed by atoms with Crippen LogP contribution in [0.4, 0.5) is 0 Å². The lowest BCUT2D eigenvalue weighted by Gasteiger charge is -2.28. The molecule has 0 aromatic heterocycles. The van der Waals surface area contributed by atoms with E-state index in [-0.39, 0.29) is 12.1 Å². The number of methoxy groups -OCH3 is 1. The van der Waals surface area contributed by atoms with E-state index in [2.05, 4.69) is 0 Å². The number of benzene rings is 2. The normalized spacial score (nSPS) is 18.4. The molecule has 24 heavy (non-hydrogen) atoms. The number of ether oxygens (including phenoxy) is 2. The number of sulfonamides is 1. The molecule has 5 nitrogen and oxygen atoms in total. The number of rotatable bonds is 7. The summed E-state index contributed by atoms with van der Waals surface area (Å²) in [5, 5.41) is 0. The van der Waals surface area contributed by atoms with Crippen molar-refractivity contribution in [3.05, 3.63) is 60.2 Å². The quantitative estimate of drug-likeness (QED) is 0.723. The van der Waals surface area contributed by atoms with E-state index in [9.17, 15) is 8.42 Å². The fourth-order valence-electron chi connectivity index (χ4n) is 2.63. The van der Waals surface area contributed by atoms with Crippen molar-refractivity contribution in [2.45, 2.75) is 24.0 Å². The molecule has 1 saturated heterocycles. The molecule has 128 valence electrons. The van der Waals surface area contributed by atoms with Gasteiger partial charge in [0.05, 0.1) is 24.7 Å². The Labute approximate surface area is 142 Å². The lowest BCUT2D eigenvalue weighted by atomic mass is 10.1. The van der Waals surface area contributed by atoms with Crippen molar-refractivity contribution < 1.29 is 17.9 Å². The van der Waals surface area contributed by atoms with Crippen LogP contribution in [0.25, 0.3) is 0 Å². The third-order valence-electron chi connectivity index (χ3n) is 4.14. The molecule has 2 aromatic carbocycles.